The number of ether oxygens (including phenoxy) is 2. The molecule has 1 aromatic heterocycles. The fourth-order valence-corrected chi connectivity index (χ4v) is 3.38. The second-order valence-corrected chi connectivity index (χ2v) is 7.40. The summed E-state index contributed by atoms with van der Waals surface area (Å²) in [7, 11) is 0. The predicted octanol–water partition coefficient (Wildman–Crippen LogP) is 4.82. The highest BCUT2D eigenvalue weighted by Crippen LogP contribution is 2.22. The van der Waals surface area contributed by atoms with Gasteiger partial charge in [-0.3, -0.25) is 9.69 Å². The minimum atomic E-state index is -0.236. The first-order chi connectivity index (χ1) is 15.6. The van der Waals surface area contributed by atoms with Gasteiger partial charge in [0.15, 0.2) is 0 Å². The lowest BCUT2D eigenvalue weighted by Gasteiger charge is -2.20. The Morgan fingerprint density at radius 2 is 2.00 bits per heavy atom. The largest absolute Gasteiger partial charge is 0.493 e. The number of carbonyl (C=O) groups is 1. The molecule has 6 heteroatoms. The molecular weight excluding hydrogens is 404 g/mol. The Kier molecular flexibility index (Phi) is 8.63. The maximum absolute atomic E-state index is 11.8. The molecule has 32 heavy (non-hydrogen) atoms. The zero-order valence-electron chi connectivity index (χ0n) is 18.8. The van der Waals surface area contributed by atoms with Gasteiger partial charge in [0.1, 0.15) is 11.5 Å². The van der Waals surface area contributed by atoms with Gasteiger partial charge >= 0.3 is 5.97 Å². The number of nitrogens with zero attached hydrogens (tertiary/aromatic N) is 2. The highest BCUT2D eigenvalue weighted by molar-refractivity contribution is 5.71. The second kappa shape index (κ2) is 11.9. The van der Waals surface area contributed by atoms with Crippen LogP contribution in [-0.4, -0.2) is 42.2 Å². The number of rotatable bonds is 12. The van der Waals surface area contributed by atoms with Gasteiger partial charge in [0, 0.05) is 25.1 Å². The quantitative estimate of drug-likeness (QED) is 0.301. The summed E-state index contributed by atoms with van der Waals surface area (Å²) in [6.07, 6.45) is 2.43. The number of hydrogen-bond donors (Lipinski definition) is 0. The van der Waals surface area contributed by atoms with E-state index in [0.717, 1.165) is 28.3 Å². The summed E-state index contributed by atoms with van der Waals surface area (Å²) in [4.78, 5) is 18.4. The molecule has 168 valence electrons. The second-order valence-electron chi connectivity index (χ2n) is 7.40. The Balaban J connectivity index is 1.56. The third-order valence-corrected chi connectivity index (χ3v) is 4.87. The zero-order valence-corrected chi connectivity index (χ0v) is 18.8. The van der Waals surface area contributed by atoms with Crippen LogP contribution in [0.4, 0.5) is 0 Å². The molecule has 0 fully saturated rings. The van der Waals surface area contributed by atoms with Gasteiger partial charge in [-0.15, -0.1) is 6.58 Å². The number of hydrogen-bond acceptors (Lipinski definition) is 6. The van der Waals surface area contributed by atoms with Crippen molar-refractivity contribution in [1.29, 1.82) is 0 Å². The zero-order chi connectivity index (χ0) is 22.8. The van der Waals surface area contributed by atoms with Crippen molar-refractivity contribution in [2.45, 2.75) is 26.8 Å². The van der Waals surface area contributed by atoms with E-state index in [2.05, 4.69) is 11.6 Å². The van der Waals surface area contributed by atoms with Crippen molar-refractivity contribution < 1.29 is 18.7 Å². The number of aromatic nitrogens is 1. The van der Waals surface area contributed by atoms with Crippen molar-refractivity contribution >= 4 is 5.97 Å². The van der Waals surface area contributed by atoms with Crippen molar-refractivity contribution in [3.8, 4) is 17.2 Å². The van der Waals surface area contributed by atoms with Crippen LogP contribution in [0, 0.1) is 6.92 Å². The molecule has 0 atom stereocenters. The summed E-state index contributed by atoms with van der Waals surface area (Å²) < 4.78 is 16.9. The number of aryl methyl sites for hydroxylation is 1. The van der Waals surface area contributed by atoms with Gasteiger partial charge < -0.3 is 13.9 Å². The summed E-state index contributed by atoms with van der Waals surface area (Å²) in [5.74, 6) is 1.98. The van der Waals surface area contributed by atoms with Crippen molar-refractivity contribution in [2.24, 2.45) is 0 Å². The lowest BCUT2D eigenvalue weighted by molar-refractivity contribution is -0.144. The molecule has 3 rings (SSSR count). The number of oxazole rings is 1. The van der Waals surface area contributed by atoms with Crippen LogP contribution in [0.15, 0.2) is 71.7 Å². The Bertz CT molecular complexity index is 1010. The molecule has 0 N–H and O–H groups in total. The van der Waals surface area contributed by atoms with E-state index in [-0.39, 0.29) is 12.5 Å². The Labute approximate surface area is 189 Å². The van der Waals surface area contributed by atoms with E-state index in [0.29, 0.717) is 38.6 Å². The van der Waals surface area contributed by atoms with Gasteiger partial charge in [-0.2, -0.15) is 0 Å². The van der Waals surface area contributed by atoms with Crippen molar-refractivity contribution in [3.63, 3.8) is 0 Å². The molecule has 0 aliphatic heterocycles. The molecule has 0 unspecified atom stereocenters. The predicted molar refractivity (Wildman–Crippen MR) is 124 cm³/mol. The first-order valence-corrected chi connectivity index (χ1v) is 10.8. The average Bonchev–Trinajstić information content (AvgIpc) is 3.15. The lowest BCUT2D eigenvalue weighted by Crippen LogP contribution is -2.30. The molecule has 0 spiro atoms. The van der Waals surface area contributed by atoms with Crippen LogP contribution in [0.2, 0.25) is 0 Å². The fraction of sp³-hybridized carbons (Fsp3) is 0.308. The van der Waals surface area contributed by atoms with Crippen LogP contribution >= 0.6 is 0 Å². The van der Waals surface area contributed by atoms with Gasteiger partial charge in [-0.05, 0) is 43.7 Å². The summed E-state index contributed by atoms with van der Waals surface area (Å²) in [6, 6.07) is 17.8. The molecule has 3 aromatic rings. The standard InChI is InChI=1S/C26H30N2O4/c1-4-15-28(19-25(29)30-5-2)18-21-10-9-13-23(17-21)31-16-14-24-20(3)32-26(27-24)22-11-7-6-8-12-22/h4,6-13,17H,1,5,14-16,18-19H2,2-3H3. The van der Waals surface area contributed by atoms with Crippen molar-refractivity contribution in [1.82, 2.24) is 9.88 Å². The molecule has 0 aliphatic rings. The van der Waals surface area contributed by atoms with E-state index in [1.807, 2.05) is 66.4 Å². The number of carbonyl (C=O) groups excluding carboxylic acids is 1. The Hall–Kier alpha value is -3.38. The third-order valence-electron chi connectivity index (χ3n) is 4.87. The van der Waals surface area contributed by atoms with Crippen LogP contribution in [0.5, 0.6) is 5.75 Å². The molecule has 1 heterocycles. The summed E-state index contributed by atoms with van der Waals surface area (Å²) in [6.45, 7) is 9.80. The van der Waals surface area contributed by atoms with Gasteiger partial charge in [0.25, 0.3) is 0 Å². The van der Waals surface area contributed by atoms with E-state index in [1.54, 1.807) is 13.0 Å². The van der Waals surface area contributed by atoms with Crippen LogP contribution in [-0.2, 0) is 22.5 Å². The molecular formula is C26H30N2O4. The molecule has 2 aromatic carbocycles. The van der Waals surface area contributed by atoms with Crippen LogP contribution in [0.1, 0.15) is 23.9 Å². The highest BCUT2D eigenvalue weighted by atomic mass is 16.5. The maximum atomic E-state index is 11.8. The van der Waals surface area contributed by atoms with E-state index in [9.17, 15) is 4.79 Å². The Morgan fingerprint density at radius 1 is 1.19 bits per heavy atom. The van der Waals surface area contributed by atoms with Crippen molar-refractivity contribution in [3.05, 3.63) is 84.3 Å². The van der Waals surface area contributed by atoms with Crippen LogP contribution < -0.4 is 4.74 Å². The third kappa shape index (κ3) is 6.82. The first kappa shape index (κ1) is 23.3. The minimum Gasteiger partial charge on any atom is -0.493 e. The molecule has 0 amide bonds. The minimum absolute atomic E-state index is 0.222. The van der Waals surface area contributed by atoms with E-state index >= 15 is 0 Å². The normalized spacial score (nSPS) is 10.8. The monoisotopic (exact) mass is 434 g/mol. The Morgan fingerprint density at radius 3 is 2.75 bits per heavy atom. The van der Waals surface area contributed by atoms with Gasteiger partial charge in [-0.1, -0.05) is 36.4 Å². The highest BCUT2D eigenvalue weighted by Gasteiger charge is 2.13. The molecule has 0 aliphatic carbocycles. The lowest BCUT2D eigenvalue weighted by atomic mass is 10.2. The number of esters is 1. The molecule has 0 saturated carbocycles. The van der Waals surface area contributed by atoms with Crippen LogP contribution in [0.3, 0.4) is 0 Å². The van der Waals surface area contributed by atoms with Crippen LogP contribution in [0.25, 0.3) is 11.5 Å². The first-order valence-electron chi connectivity index (χ1n) is 10.8. The molecule has 0 bridgehead atoms. The number of benzene rings is 2. The molecule has 6 nitrogen and oxygen atoms in total. The topological polar surface area (TPSA) is 64.8 Å². The molecule has 0 radical (unpaired) electrons. The van der Waals surface area contributed by atoms with Gasteiger partial charge in [0.2, 0.25) is 5.89 Å². The van der Waals surface area contributed by atoms with Gasteiger partial charge in [0.05, 0.1) is 25.5 Å². The van der Waals surface area contributed by atoms with Crippen molar-refractivity contribution in [2.75, 3.05) is 26.3 Å². The van der Waals surface area contributed by atoms with Gasteiger partial charge in [-0.25, -0.2) is 4.98 Å². The summed E-state index contributed by atoms with van der Waals surface area (Å²) >= 11 is 0. The van der Waals surface area contributed by atoms with E-state index < -0.39 is 0 Å². The SMILES string of the molecule is C=CCN(CC(=O)OCC)Cc1cccc(OCCc2nc(-c3ccccc3)oc2C)c1. The smallest absolute Gasteiger partial charge is 0.320 e. The maximum Gasteiger partial charge on any atom is 0.320 e. The van der Waals surface area contributed by atoms with E-state index in [1.165, 1.54) is 0 Å². The fourth-order valence-electron chi connectivity index (χ4n) is 3.38. The summed E-state index contributed by atoms with van der Waals surface area (Å²) in [5.41, 5.74) is 2.91. The molecule has 0 saturated heterocycles. The average molecular weight is 435 g/mol. The summed E-state index contributed by atoms with van der Waals surface area (Å²) in [5, 5.41) is 0. The van der Waals surface area contributed by atoms with E-state index in [4.69, 9.17) is 13.9 Å².